The van der Waals surface area contributed by atoms with Crippen LogP contribution in [0.4, 0.5) is 5.69 Å². The van der Waals surface area contributed by atoms with E-state index in [-0.39, 0.29) is 17.7 Å². The molecule has 140 valence electrons. The molecule has 0 spiro atoms. The summed E-state index contributed by atoms with van der Waals surface area (Å²) < 4.78 is 0. The maximum atomic E-state index is 12.8. The van der Waals surface area contributed by atoms with E-state index in [4.69, 9.17) is 16.7 Å². The van der Waals surface area contributed by atoms with Gasteiger partial charge < -0.3 is 15.3 Å². The van der Waals surface area contributed by atoms with Crippen LogP contribution >= 0.6 is 11.6 Å². The fourth-order valence-electron chi connectivity index (χ4n) is 3.26. The van der Waals surface area contributed by atoms with Crippen molar-refractivity contribution in [1.29, 1.82) is 0 Å². The van der Waals surface area contributed by atoms with Crippen molar-refractivity contribution in [3.05, 3.63) is 65.0 Å². The Kier molecular flexibility index (Phi) is 5.88. The smallest absolute Gasteiger partial charge is 0.328 e. The number of nitrogens with one attached hydrogen (secondary N) is 1. The molecule has 2 unspecified atom stereocenters. The Labute approximate surface area is 162 Å². The number of halogens is 1. The molecule has 2 aromatic rings. The van der Waals surface area contributed by atoms with Gasteiger partial charge in [-0.3, -0.25) is 9.78 Å². The number of carboxylic acids is 1. The second-order valence-corrected chi connectivity index (χ2v) is 7.05. The second-order valence-electron chi connectivity index (χ2n) is 6.62. The van der Waals surface area contributed by atoms with Gasteiger partial charge in [-0.25, -0.2) is 4.79 Å². The van der Waals surface area contributed by atoms with Gasteiger partial charge in [0.2, 0.25) is 5.91 Å². The van der Waals surface area contributed by atoms with Crippen molar-refractivity contribution in [3.63, 3.8) is 0 Å². The summed E-state index contributed by atoms with van der Waals surface area (Å²) in [5.41, 5.74) is 2.24. The van der Waals surface area contributed by atoms with Crippen LogP contribution in [0.2, 0.25) is 5.02 Å². The largest absolute Gasteiger partial charge is 0.478 e. The lowest BCUT2D eigenvalue weighted by Crippen LogP contribution is -2.28. The Balaban J connectivity index is 1.74. The molecule has 1 amide bonds. The molecule has 0 aliphatic carbocycles. The molecule has 3 rings (SSSR count). The molecule has 1 aliphatic rings. The van der Waals surface area contributed by atoms with Crippen LogP contribution in [-0.4, -0.2) is 47.0 Å². The van der Waals surface area contributed by atoms with E-state index in [1.165, 1.54) is 6.08 Å². The molecule has 0 radical (unpaired) electrons. The van der Waals surface area contributed by atoms with Crippen molar-refractivity contribution < 1.29 is 14.7 Å². The van der Waals surface area contributed by atoms with Gasteiger partial charge >= 0.3 is 5.97 Å². The van der Waals surface area contributed by atoms with Crippen LogP contribution < -0.4 is 5.32 Å². The number of benzene rings is 1. The predicted octanol–water partition coefficient (Wildman–Crippen LogP) is 3.12. The number of aliphatic carboxylic acids is 1. The molecule has 6 nitrogen and oxygen atoms in total. The summed E-state index contributed by atoms with van der Waals surface area (Å²) in [7, 11) is 1.99. The highest BCUT2D eigenvalue weighted by Crippen LogP contribution is 2.32. The van der Waals surface area contributed by atoms with E-state index in [9.17, 15) is 9.59 Å². The van der Waals surface area contributed by atoms with Crippen LogP contribution in [0.5, 0.6) is 0 Å². The molecule has 1 aromatic heterocycles. The van der Waals surface area contributed by atoms with Gasteiger partial charge in [-0.1, -0.05) is 17.7 Å². The minimum absolute atomic E-state index is 0.0207. The first-order chi connectivity index (χ1) is 12.9. The van der Waals surface area contributed by atoms with Crippen LogP contribution in [0, 0.1) is 5.92 Å². The number of nitrogens with zero attached hydrogens (tertiary/aromatic N) is 2. The Morgan fingerprint density at radius 3 is 2.59 bits per heavy atom. The number of pyridine rings is 1. The normalized spacial score (nSPS) is 20.1. The lowest BCUT2D eigenvalue weighted by atomic mass is 9.89. The molecule has 0 bridgehead atoms. The van der Waals surface area contributed by atoms with E-state index in [1.807, 2.05) is 13.1 Å². The first-order valence-corrected chi connectivity index (χ1v) is 8.92. The molecule has 0 saturated carbocycles. The summed E-state index contributed by atoms with van der Waals surface area (Å²) in [6.45, 7) is 1.41. The first kappa shape index (κ1) is 19.1. The van der Waals surface area contributed by atoms with Crippen LogP contribution in [0.1, 0.15) is 17.2 Å². The predicted molar refractivity (Wildman–Crippen MR) is 105 cm³/mol. The zero-order valence-corrected chi connectivity index (χ0v) is 15.6. The van der Waals surface area contributed by atoms with Crippen molar-refractivity contribution in [1.82, 2.24) is 9.88 Å². The Morgan fingerprint density at radius 1 is 1.22 bits per heavy atom. The lowest BCUT2D eigenvalue weighted by Gasteiger charge is -2.18. The van der Waals surface area contributed by atoms with Crippen LogP contribution in [-0.2, 0) is 9.59 Å². The highest BCUT2D eigenvalue weighted by Gasteiger charge is 2.37. The third-order valence-electron chi connectivity index (χ3n) is 4.59. The number of likely N-dealkylation sites (N-methyl/N-ethyl adjacent to an activating group) is 1. The Bertz CT molecular complexity index is 850. The number of rotatable bonds is 5. The van der Waals surface area contributed by atoms with Crippen molar-refractivity contribution in [2.75, 3.05) is 25.5 Å². The number of aromatic nitrogens is 1. The summed E-state index contributed by atoms with van der Waals surface area (Å²) in [6, 6.07) is 10.7. The summed E-state index contributed by atoms with van der Waals surface area (Å²) in [5, 5.41) is 12.3. The fourth-order valence-corrected chi connectivity index (χ4v) is 3.39. The number of carbonyl (C=O) groups is 2. The van der Waals surface area contributed by atoms with Gasteiger partial charge in [0.15, 0.2) is 0 Å². The lowest BCUT2D eigenvalue weighted by molar-refractivity contribution is -0.131. The van der Waals surface area contributed by atoms with Gasteiger partial charge in [0.1, 0.15) is 0 Å². The molecule has 1 aromatic carbocycles. The summed E-state index contributed by atoms with van der Waals surface area (Å²) in [5.74, 6) is -1.24. The minimum atomic E-state index is -1.02. The van der Waals surface area contributed by atoms with Gasteiger partial charge in [0, 0.05) is 42.0 Å². The standard InChI is InChI=1S/C20H20ClN3O3/c1-24-11-17(13-2-5-15(22-10-13)8-9-19(25)26)18(12-24)20(27)23-16-6-3-14(21)4-7-16/h2-10,17-18H,11-12H2,1H3,(H,23,27)(H,25,26)/b9-8+. The number of anilines is 1. The number of hydrogen-bond acceptors (Lipinski definition) is 4. The average Bonchev–Trinajstić information content (AvgIpc) is 3.04. The third kappa shape index (κ3) is 4.93. The van der Waals surface area contributed by atoms with Gasteiger partial charge in [-0.05, 0) is 49.0 Å². The van der Waals surface area contributed by atoms with E-state index in [1.54, 1.807) is 36.5 Å². The molecule has 1 saturated heterocycles. The van der Waals surface area contributed by atoms with E-state index in [0.717, 1.165) is 18.2 Å². The molecule has 2 atom stereocenters. The van der Waals surface area contributed by atoms with Gasteiger partial charge in [-0.2, -0.15) is 0 Å². The van der Waals surface area contributed by atoms with Gasteiger partial charge in [0.05, 0.1) is 11.6 Å². The zero-order chi connectivity index (χ0) is 19.4. The Morgan fingerprint density at radius 2 is 1.96 bits per heavy atom. The molecular formula is C20H20ClN3O3. The number of likely N-dealkylation sites (tertiary alicyclic amines) is 1. The van der Waals surface area contributed by atoms with Crippen LogP contribution in [0.25, 0.3) is 6.08 Å². The molecular weight excluding hydrogens is 366 g/mol. The quantitative estimate of drug-likeness (QED) is 0.773. The molecule has 7 heteroatoms. The van der Waals surface area contributed by atoms with Gasteiger partial charge in [-0.15, -0.1) is 0 Å². The number of amides is 1. The highest BCUT2D eigenvalue weighted by molar-refractivity contribution is 6.30. The van der Waals surface area contributed by atoms with Gasteiger partial charge in [0.25, 0.3) is 0 Å². The highest BCUT2D eigenvalue weighted by atomic mass is 35.5. The van der Waals surface area contributed by atoms with Crippen molar-refractivity contribution in [2.24, 2.45) is 5.92 Å². The minimum Gasteiger partial charge on any atom is -0.478 e. The van der Waals surface area contributed by atoms with E-state index >= 15 is 0 Å². The first-order valence-electron chi connectivity index (χ1n) is 8.54. The number of carboxylic acid groups (broad SMARTS) is 1. The second kappa shape index (κ2) is 8.33. The molecule has 1 aliphatic heterocycles. The maximum Gasteiger partial charge on any atom is 0.328 e. The van der Waals surface area contributed by atoms with Crippen LogP contribution in [0.3, 0.4) is 0 Å². The third-order valence-corrected chi connectivity index (χ3v) is 4.84. The molecule has 27 heavy (non-hydrogen) atoms. The average molecular weight is 386 g/mol. The zero-order valence-electron chi connectivity index (χ0n) is 14.8. The molecule has 2 N–H and O–H groups in total. The van der Waals surface area contributed by atoms with Crippen LogP contribution in [0.15, 0.2) is 48.7 Å². The topological polar surface area (TPSA) is 82.5 Å². The van der Waals surface area contributed by atoms with Crippen molar-refractivity contribution in [2.45, 2.75) is 5.92 Å². The summed E-state index contributed by atoms with van der Waals surface area (Å²) >= 11 is 5.89. The maximum absolute atomic E-state index is 12.8. The van der Waals surface area contributed by atoms with Crippen molar-refractivity contribution >= 4 is 35.2 Å². The summed E-state index contributed by atoms with van der Waals surface area (Å²) in [6.07, 6.45) is 4.21. The van der Waals surface area contributed by atoms with E-state index < -0.39 is 5.97 Å². The molecule has 1 fully saturated rings. The number of carbonyl (C=O) groups excluding carboxylic acids is 1. The number of hydrogen-bond donors (Lipinski definition) is 2. The molecule has 2 heterocycles. The monoisotopic (exact) mass is 385 g/mol. The van der Waals surface area contributed by atoms with E-state index in [2.05, 4.69) is 15.2 Å². The Hall–Kier alpha value is -2.70. The SMILES string of the molecule is CN1CC(C(=O)Nc2ccc(Cl)cc2)C(c2ccc(/C=C/C(=O)O)nc2)C1. The van der Waals surface area contributed by atoms with Crippen molar-refractivity contribution in [3.8, 4) is 0 Å². The summed E-state index contributed by atoms with van der Waals surface area (Å²) in [4.78, 5) is 29.8. The fraction of sp³-hybridized carbons (Fsp3) is 0.250. The van der Waals surface area contributed by atoms with E-state index in [0.29, 0.717) is 22.9 Å².